The lowest BCUT2D eigenvalue weighted by molar-refractivity contribution is 0.332. The first kappa shape index (κ1) is 25.2. The van der Waals surface area contributed by atoms with Crippen molar-refractivity contribution in [2.75, 3.05) is 20.1 Å². The molecule has 0 spiro atoms. The predicted molar refractivity (Wildman–Crippen MR) is 152 cm³/mol. The van der Waals surface area contributed by atoms with Gasteiger partial charge in [0.2, 0.25) is 0 Å². The van der Waals surface area contributed by atoms with Gasteiger partial charge >= 0.3 is 0 Å². The van der Waals surface area contributed by atoms with Gasteiger partial charge in [0.05, 0.1) is 11.9 Å². The van der Waals surface area contributed by atoms with Crippen molar-refractivity contribution in [1.82, 2.24) is 19.5 Å². The summed E-state index contributed by atoms with van der Waals surface area (Å²) in [6.45, 7) is 14.7. The standard InChI is InChI=1S/C32H34N4/c1-6-20-35(5)21-8-9-24(3)27-12-14-28(15-13-27)31-18-19-32-33-23-30(36(32)34-31)17-16-29-22-26(7-2)11-10-25(29)4/h7,10-15,18-19,22-23H,2-3,6,8-9,20-21H2,1,4-5H3. The second kappa shape index (κ2) is 11.7. The van der Waals surface area contributed by atoms with Crippen LogP contribution in [0.5, 0.6) is 0 Å². The Bertz CT molecular complexity index is 1430. The molecule has 0 saturated carbocycles. The van der Waals surface area contributed by atoms with Crippen LogP contribution in [-0.4, -0.2) is 39.6 Å². The summed E-state index contributed by atoms with van der Waals surface area (Å²) in [6.07, 6.45) is 6.92. The number of fused-ring (bicyclic) bond motifs is 1. The third kappa shape index (κ3) is 6.00. The lowest BCUT2D eigenvalue weighted by Crippen LogP contribution is -2.20. The summed E-state index contributed by atoms with van der Waals surface area (Å²) in [4.78, 5) is 6.86. The maximum Gasteiger partial charge on any atom is 0.154 e. The number of aryl methyl sites for hydroxylation is 1. The Kier molecular flexibility index (Phi) is 8.15. The van der Waals surface area contributed by atoms with Crippen molar-refractivity contribution >= 4 is 17.3 Å². The molecule has 4 nitrogen and oxygen atoms in total. The van der Waals surface area contributed by atoms with Crippen LogP contribution >= 0.6 is 0 Å². The van der Waals surface area contributed by atoms with Gasteiger partial charge in [0.1, 0.15) is 5.69 Å². The van der Waals surface area contributed by atoms with Crippen molar-refractivity contribution in [2.45, 2.75) is 33.1 Å². The third-order valence-corrected chi connectivity index (χ3v) is 6.40. The van der Waals surface area contributed by atoms with Crippen LogP contribution in [-0.2, 0) is 0 Å². The van der Waals surface area contributed by atoms with Crippen LogP contribution in [0.2, 0.25) is 0 Å². The van der Waals surface area contributed by atoms with E-state index in [0.717, 1.165) is 65.2 Å². The first-order chi connectivity index (χ1) is 17.5. The monoisotopic (exact) mass is 474 g/mol. The van der Waals surface area contributed by atoms with Crippen LogP contribution in [0.25, 0.3) is 28.6 Å². The molecule has 182 valence electrons. The van der Waals surface area contributed by atoms with E-state index in [4.69, 9.17) is 5.10 Å². The molecule has 2 heterocycles. The summed E-state index contributed by atoms with van der Waals surface area (Å²) in [6, 6.07) is 18.7. The lowest BCUT2D eigenvalue weighted by atomic mass is 10.0. The molecule has 0 aliphatic heterocycles. The normalized spacial score (nSPS) is 10.9. The molecule has 0 aliphatic rings. The highest BCUT2D eigenvalue weighted by Crippen LogP contribution is 2.23. The third-order valence-electron chi connectivity index (χ3n) is 6.40. The van der Waals surface area contributed by atoms with E-state index in [2.05, 4.69) is 92.2 Å². The van der Waals surface area contributed by atoms with Gasteiger partial charge in [0.15, 0.2) is 5.65 Å². The van der Waals surface area contributed by atoms with Gasteiger partial charge in [0.25, 0.3) is 0 Å². The highest BCUT2D eigenvalue weighted by molar-refractivity contribution is 5.68. The van der Waals surface area contributed by atoms with Gasteiger partial charge in [-0.3, -0.25) is 0 Å². The van der Waals surface area contributed by atoms with E-state index in [-0.39, 0.29) is 0 Å². The van der Waals surface area contributed by atoms with Gasteiger partial charge in [-0.15, -0.1) is 0 Å². The number of hydrogen-bond acceptors (Lipinski definition) is 3. The van der Waals surface area contributed by atoms with Gasteiger partial charge in [-0.25, -0.2) is 9.50 Å². The van der Waals surface area contributed by atoms with Crippen LogP contribution in [0, 0.1) is 18.8 Å². The number of rotatable bonds is 9. The van der Waals surface area contributed by atoms with Crippen molar-refractivity contribution in [1.29, 1.82) is 0 Å². The Balaban J connectivity index is 1.51. The molecule has 0 fully saturated rings. The molecule has 36 heavy (non-hydrogen) atoms. The maximum atomic E-state index is 4.84. The zero-order valence-corrected chi connectivity index (χ0v) is 21.6. The van der Waals surface area contributed by atoms with E-state index in [1.54, 1.807) is 6.20 Å². The van der Waals surface area contributed by atoms with Crippen LogP contribution in [0.1, 0.15) is 54.1 Å². The predicted octanol–water partition coefficient (Wildman–Crippen LogP) is 6.88. The van der Waals surface area contributed by atoms with Gasteiger partial charge in [0, 0.05) is 11.1 Å². The smallest absolute Gasteiger partial charge is 0.154 e. The molecule has 0 saturated heterocycles. The van der Waals surface area contributed by atoms with E-state index in [1.165, 1.54) is 17.6 Å². The minimum atomic E-state index is 0.758. The Morgan fingerprint density at radius 2 is 1.86 bits per heavy atom. The summed E-state index contributed by atoms with van der Waals surface area (Å²) in [5.74, 6) is 6.53. The lowest BCUT2D eigenvalue weighted by Gasteiger charge is -2.15. The van der Waals surface area contributed by atoms with Crippen LogP contribution < -0.4 is 0 Å². The zero-order chi connectivity index (χ0) is 25.5. The fourth-order valence-corrected chi connectivity index (χ4v) is 4.22. The molecule has 2 aromatic carbocycles. The summed E-state index contributed by atoms with van der Waals surface area (Å²) in [7, 11) is 2.18. The molecule has 0 unspecified atom stereocenters. The topological polar surface area (TPSA) is 33.4 Å². The van der Waals surface area contributed by atoms with Gasteiger partial charge < -0.3 is 4.90 Å². The molecule has 0 atom stereocenters. The van der Waals surface area contributed by atoms with Gasteiger partial charge in [-0.05, 0) is 92.7 Å². The molecule has 4 rings (SSSR count). The maximum absolute atomic E-state index is 4.84. The minimum Gasteiger partial charge on any atom is -0.306 e. The highest BCUT2D eigenvalue weighted by Gasteiger charge is 2.07. The molecule has 0 bridgehead atoms. The molecule has 0 radical (unpaired) electrons. The number of nitrogens with zero attached hydrogens (tertiary/aromatic N) is 4. The highest BCUT2D eigenvalue weighted by atomic mass is 15.3. The Morgan fingerprint density at radius 1 is 1.06 bits per heavy atom. The fraction of sp³-hybridized carbons (Fsp3) is 0.250. The Labute approximate surface area is 215 Å². The van der Waals surface area contributed by atoms with Crippen molar-refractivity contribution in [2.24, 2.45) is 0 Å². The number of allylic oxidation sites excluding steroid dienone is 1. The van der Waals surface area contributed by atoms with Crippen molar-refractivity contribution < 1.29 is 0 Å². The fourth-order valence-electron chi connectivity index (χ4n) is 4.22. The number of aromatic nitrogens is 3. The number of hydrogen-bond donors (Lipinski definition) is 0. The molecule has 0 aliphatic carbocycles. The Hall–Kier alpha value is -3.94. The molecule has 4 aromatic rings. The molecular weight excluding hydrogens is 440 g/mol. The molecule has 0 N–H and O–H groups in total. The van der Waals surface area contributed by atoms with Crippen LogP contribution in [0.4, 0.5) is 0 Å². The zero-order valence-electron chi connectivity index (χ0n) is 21.6. The Morgan fingerprint density at radius 3 is 2.61 bits per heavy atom. The van der Waals surface area contributed by atoms with Gasteiger partial charge in [-0.2, -0.15) is 5.10 Å². The van der Waals surface area contributed by atoms with E-state index in [9.17, 15) is 0 Å². The van der Waals surface area contributed by atoms with Gasteiger partial charge in [-0.1, -0.05) is 68.5 Å². The largest absolute Gasteiger partial charge is 0.306 e. The second-order valence-corrected chi connectivity index (χ2v) is 9.25. The van der Waals surface area contributed by atoms with E-state index in [0.29, 0.717) is 0 Å². The number of imidazole rings is 1. The van der Waals surface area contributed by atoms with E-state index >= 15 is 0 Å². The average molecular weight is 475 g/mol. The average Bonchev–Trinajstić information content (AvgIpc) is 3.30. The quantitative estimate of drug-likeness (QED) is 0.248. The summed E-state index contributed by atoms with van der Waals surface area (Å²) >= 11 is 0. The summed E-state index contributed by atoms with van der Waals surface area (Å²) < 4.78 is 1.81. The molecule has 2 aromatic heterocycles. The van der Waals surface area contributed by atoms with Crippen molar-refractivity contribution in [3.8, 4) is 23.1 Å². The van der Waals surface area contributed by atoms with Crippen molar-refractivity contribution in [3.63, 3.8) is 0 Å². The molecular formula is C32H34N4. The first-order valence-electron chi connectivity index (χ1n) is 12.6. The van der Waals surface area contributed by atoms with Crippen LogP contribution in [0.3, 0.4) is 0 Å². The van der Waals surface area contributed by atoms with E-state index < -0.39 is 0 Å². The van der Waals surface area contributed by atoms with Crippen LogP contribution in [0.15, 0.2) is 74.0 Å². The summed E-state index contributed by atoms with van der Waals surface area (Å²) in [5, 5.41) is 4.84. The SMILES string of the molecule is C=Cc1ccc(C)c(C#Cc2cnc3ccc(-c4ccc(C(=C)CCCN(C)CCC)cc4)nn23)c1. The second-order valence-electron chi connectivity index (χ2n) is 9.25. The van der Waals surface area contributed by atoms with E-state index in [1.807, 2.05) is 28.8 Å². The summed E-state index contributed by atoms with van der Waals surface area (Å²) in [5.41, 5.74) is 8.99. The first-order valence-corrected chi connectivity index (χ1v) is 12.6. The van der Waals surface area contributed by atoms with Crippen molar-refractivity contribution in [3.05, 3.63) is 102 Å². The minimum absolute atomic E-state index is 0.758. The molecule has 0 amide bonds. The number of benzene rings is 2. The molecule has 4 heteroatoms.